The summed E-state index contributed by atoms with van der Waals surface area (Å²) in [5, 5.41) is 10.7. The van der Waals surface area contributed by atoms with Crippen molar-refractivity contribution in [2.24, 2.45) is 0 Å². The van der Waals surface area contributed by atoms with Gasteiger partial charge in [-0.3, -0.25) is 19.8 Å². The summed E-state index contributed by atoms with van der Waals surface area (Å²) in [5.41, 5.74) is 1.21. The van der Waals surface area contributed by atoms with E-state index in [1.54, 1.807) is 12.1 Å². The van der Waals surface area contributed by atoms with Gasteiger partial charge in [0.05, 0.1) is 4.92 Å². The van der Waals surface area contributed by atoms with Crippen LogP contribution in [0.25, 0.3) is 0 Å². The van der Waals surface area contributed by atoms with Crippen molar-refractivity contribution in [1.29, 1.82) is 0 Å². The van der Waals surface area contributed by atoms with Gasteiger partial charge in [-0.25, -0.2) is 0 Å². The van der Waals surface area contributed by atoms with Gasteiger partial charge in [0, 0.05) is 43.6 Å². The monoisotopic (exact) mass is 274 g/mol. The number of non-ortho nitro benzene ring substituents is 1. The molecule has 2 aliphatic heterocycles. The molecule has 2 bridgehead atoms. The summed E-state index contributed by atoms with van der Waals surface area (Å²) >= 11 is 0. The number of Topliss-reactive ketones (excluding diaryl/α,β-unsaturated/α-hetero) is 1. The van der Waals surface area contributed by atoms with Gasteiger partial charge in [0.1, 0.15) is 5.78 Å². The average molecular weight is 274 g/mol. The van der Waals surface area contributed by atoms with Gasteiger partial charge in [-0.15, -0.1) is 0 Å². The molecule has 106 valence electrons. The first-order chi connectivity index (χ1) is 9.63. The van der Waals surface area contributed by atoms with Crippen LogP contribution in [-0.4, -0.2) is 27.7 Å². The Morgan fingerprint density at radius 3 is 2.30 bits per heavy atom. The Bertz CT molecular complexity index is 510. The van der Waals surface area contributed by atoms with Crippen LogP contribution < -0.4 is 0 Å². The second-order valence-corrected chi connectivity index (χ2v) is 5.78. The number of nitrogens with zero attached hydrogens (tertiary/aromatic N) is 2. The number of ketones is 1. The molecule has 0 aromatic heterocycles. The molecule has 1 aromatic rings. The van der Waals surface area contributed by atoms with Crippen LogP contribution in [0.15, 0.2) is 24.3 Å². The SMILES string of the molecule is O=C1CC2CCCC(C1)N2Cc1ccc([N+](=O)[O-])cc1. The van der Waals surface area contributed by atoms with Gasteiger partial charge in [-0.2, -0.15) is 0 Å². The Morgan fingerprint density at radius 1 is 1.15 bits per heavy atom. The maximum atomic E-state index is 11.7. The van der Waals surface area contributed by atoms with Gasteiger partial charge in [0.15, 0.2) is 0 Å². The van der Waals surface area contributed by atoms with Crippen molar-refractivity contribution in [2.75, 3.05) is 0 Å². The van der Waals surface area contributed by atoms with Crippen LogP contribution in [-0.2, 0) is 11.3 Å². The van der Waals surface area contributed by atoms with Gasteiger partial charge in [-0.05, 0) is 18.4 Å². The largest absolute Gasteiger partial charge is 0.300 e. The molecule has 0 radical (unpaired) electrons. The molecule has 0 spiro atoms. The Morgan fingerprint density at radius 2 is 1.75 bits per heavy atom. The third-order valence-electron chi connectivity index (χ3n) is 4.45. The minimum Gasteiger partial charge on any atom is -0.300 e. The van der Waals surface area contributed by atoms with E-state index in [4.69, 9.17) is 0 Å². The van der Waals surface area contributed by atoms with Crippen LogP contribution in [0.1, 0.15) is 37.7 Å². The number of hydrogen-bond donors (Lipinski definition) is 0. The number of nitro groups is 1. The van der Waals surface area contributed by atoms with E-state index in [2.05, 4.69) is 4.90 Å². The standard InChI is InChI=1S/C15H18N2O3/c18-15-8-13-2-1-3-14(9-15)16(13)10-11-4-6-12(7-5-11)17(19)20/h4-7,13-14H,1-3,8-10H2. The second kappa shape index (κ2) is 5.32. The smallest absolute Gasteiger partial charge is 0.269 e. The summed E-state index contributed by atoms with van der Waals surface area (Å²) in [6, 6.07) is 7.49. The van der Waals surface area contributed by atoms with Gasteiger partial charge in [0.2, 0.25) is 0 Å². The molecular formula is C15H18N2O3. The molecule has 2 atom stereocenters. The molecule has 2 unspecified atom stereocenters. The number of carbonyl (C=O) groups is 1. The van der Waals surface area contributed by atoms with Crippen molar-refractivity contribution in [1.82, 2.24) is 4.90 Å². The molecule has 3 rings (SSSR count). The van der Waals surface area contributed by atoms with E-state index in [1.165, 1.54) is 6.42 Å². The summed E-state index contributed by atoms with van der Waals surface area (Å²) in [5.74, 6) is 0.389. The Kier molecular flexibility index (Phi) is 3.53. The lowest BCUT2D eigenvalue weighted by Crippen LogP contribution is -2.51. The molecule has 5 heteroatoms. The molecule has 2 fully saturated rings. The maximum Gasteiger partial charge on any atom is 0.269 e. The predicted molar refractivity (Wildman–Crippen MR) is 74.3 cm³/mol. The van der Waals surface area contributed by atoms with Gasteiger partial charge in [-0.1, -0.05) is 18.6 Å². The molecule has 20 heavy (non-hydrogen) atoms. The van der Waals surface area contributed by atoms with E-state index in [1.807, 2.05) is 12.1 Å². The number of hydrogen-bond acceptors (Lipinski definition) is 4. The number of carbonyl (C=O) groups excluding carboxylic acids is 1. The lowest BCUT2D eigenvalue weighted by molar-refractivity contribution is -0.384. The summed E-state index contributed by atoms with van der Waals surface area (Å²) < 4.78 is 0. The highest BCUT2D eigenvalue weighted by molar-refractivity contribution is 5.80. The molecule has 0 aliphatic carbocycles. The Balaban J connectivity index is 1.73. The van der Waals surface area contributed by atoms with E-state index in [0.29, 0.717) is 30.7 Å². The topological polar surface area (TPSA) is 63.5 Å². The fraction of sp³-hybridized carbons (Fsp3) is 0.533. The third kappa shape index (κ3) is 2.58. The van der Waals surface area contributed by atoms with Crippen molar-refractivity contribution in [3.63, 3.8) is 0 Å². The van der Waals surface area contributed by atoms with Crippen LogP contribution in [0.2, 0.25) is 0 Å². The van der Waals surface area contributed by atoms with Gasteiger partial charge >= 0.3 is 0 Å². The van der Waals surface area contributed by atoms with Gasteiger partial charge < -0.3 is 0 Å². The van der Waals surface area contributed by atoms with Crippen LogP contribution in [0.4, 0.5) is 5.69 Å². The molecule has 2 saturated heterocycles. The molecule has 5 nitrogen and oxygen atoms in total. The molecule has 2 heterocycles. The third-order valence-corrected chi connectivity index (χ3v) is 4.45. The van der Waals surface area contributed by atoms with Gasteiger partial charge in [0.25, 0.3) is 5.69 Å². The Labute approximate surface area is 117 Å². The number of benzene rings is 1. The highest BCUT2D eigenvalue weighted by Crippen LogP contribution is 2.33. The summed E-state index contributed by atoms with van der Waals surface area (Å²) in [7, 11) is 0. The summed E-state index contributed by atoms with van der Waals surface area (Å²) in [6.45, 7) is 0.792. The van der Waals surface area contributed by atoms with E-state index in [-0.39, 0.29) is 10.6 Å². The number of nitro benzene ring substituents is 1. The molecule has 0 saturated carbocycles. The van der Waals surface area contributed by atoms with Crippen molar-refractivity contribution < 1.29 is 9.72 Å². The number of rotatable bonds is 3. The Hall–Kier alpha value is -1.75. The fourth-order valence-corrected chi connectivity index (χ4v) is 3.46. The lowest BCUT2D eigenvalue weighted by Gasteiger charge is -2.45. The van der Waals surface area contributed by atoms with E-state index >= 15 is 0 Å². The number of fused-ring (bicyclic) bond motifs is 2. The highest BCUT2D eigenvalue weighted by Gasteiger charge is 2.37. The van der Waals surface area contributed by atoms with Crippen molar-refractivity contribution >= 4 is 11.5 Å². The van der Waals surface area contributed by atoms with E-state index in [0.717, 1.165) is 24.9 Å². The second-order valence-electron chi connectivity index (χ2n) is 5.78. The first-order valence-corrected chi connectivity index (χ1v) is 7.14. The molecule has 2 aliphatic rings. The van der Waals surface area contributed by atoms with Crippen molar-refractivity contribution in [2.45, 2.75) is 50.7 Å². The van der Waals surface area contributed by atoms with Crippen LogP contribution >= 0.6 is 0 Å². The first kappa shape index (κ1) is 13.2. The maximum absolute atomic E-state index is 11.7. The zero-order valence-electron chi connectivity index (χ0n) is 11.3. The minimum absolute atomic E-state index is 0.128. The molecule has 0 N–H and O–H groups in total. The highest BCUT2D eigenvalue weighted by atomic mass is 16.6. The molecular weight excluding hydrogens is 256 g/mol. The number of piperidine rings is 2. The lowest BCUT2D eigenvalue weighted by atomic mass is 9.83. The van der Waals surface area contributed by atoms with Crippen molar-refractivity contribution in [3.8, 4) is 0 Å². The summed E-state index contributed by atoms with van der Waals surface area (Å²) in [4.78, 5) is 24.4. The molecule has 0 amide bonds. The van der Waals surface area contributed by atoms with Crippen LogP contribution in [0.3, 0.4) is 0 Å². The van der Waals surface area contributed by atoms with Crippen LogP contribution in [0, 0.1) is 10.1 Å². The zero-order chi connectivity index (χ0) is 14.1. The van der Waals surface area contributed by atoms with Crippen molar-refractivity contribution in [3.05, 3.63) is 39.9 Å². The molecule has 1 aromatic carbocycles. The quantitative estimate of drug-likeness (QED) is 0.628. The summed E-state index contributed by atoms with van der Waals surface area (Å²) in [6.07, 6.45) is 4.73. The van der Waals surface area contributed by atoms with Crippen LogP contribution in [0.5, 0.6) is 0 Å². The average Bonchev–Trinajstić information content (AvgIpc) is 2.40. The van der Waals surface area contributed by atoms with E-state index < -0.39 is 0 Å². The van der Waals surface area contributed by atoms with E-state index in [9.17, 15) is 14.9 Å². The first-order valence-electron chi connectivity index (χ1n) is 7.14. The normalized spacial score (nSPS) is 26.5. The minimum atomic E-state index is -0.377. The zero-order valence-corrected chi connectivity index (χ0v) is 11.3. The fourth-order valence-electron chi connectivity index (χ4n) is 3.46. The predicted octanol–water partition coefficient (Wildman–Crippen LogP) is 2.68.